The zero-order valence-corrected chi connectivity index (χ0v) is 13.6. The molecule has 0 radical (unpaired) electrons. The third-order valence-electron chi connectivity index (χ3n) is 4.33. The maximum Gasteiger partial charge on any atom is 0.321 e. The second-order valence-corrected chi connectivity index (χ2v) is 6.07. The fourth-order valence-corrected chi connectivity index (χ4v) is 2.96. The number of rotatable bonds is 3. The number of nitro benzene ring substituents is 1. The summed E-state index contributed by atoms with van der Waals surface area (Å²) in [7, 11) is 1.88. The number of hydrogen-bond donors (Lipinski definition) is 1. The molecule has 8 nitrogen and oxygen atoms in total. The first-order valence-corrected chi connectivity index (χ1v) is 7.73. The van der Waals surface area contributed by atoms with Crippen molar-refractivity contribution in [2.45, 2.75) is 19.3 Å². The molecule has 0 bridgehead atoms. The summed E-state index contributed by atoms with van der Waals surface area (Å²) < 4.78 is 1.76. The van der Waals surface area contributed by atoms with Crippen LogP contribution in [-0.4, -0.2) is 38.7 Å². The summed E-state index contributed by atoms with van der Waals surface area (Å²) in [4.78, 5) is 24.5. The highest BCUT2D eigenvalue weighted by molar-refractivity contribution is 5.90. The predicted octanol–water partition coefficient (Wildman–Crippen LogP) is 2.66. The number of carbonyl (C=O) groups is 1. The molecule has 1 aromatic heterocycles. The second-order valence-electron chi connectivity index (χ2n) is 6.07. The van der Waals surface area contributed by atoms with Crippen LogP contribution in [0.15, 0.2) is 30.6 Å². The van der Waals surface area contributed by atoms with Gasteiger partial charge in [-0.2, -0.15) is 5.10 Å². The minimum absolute atomic E-state index is 0.0170. The van der Waals surface area contributed by atoms with Gasteiger partial charge >= 0.3 is 6.03 Å². The largest absolute Gasteiger partial charge is 0.324 e. The molecular formula is C16H19N5O3. The monoisotopic (exact) mass is 329 g/mol. The number of nitro groups is 1. The van der Waals surface area contributed by atoms with E-state index >= 15 is 0 Å². The first-order valence-electron chi connectivity index (χ1n) is 7.73. The van der Waals surface area contributed by atoms with Crippen LogP contribution in [0.4, 0.5) is 16.2 Å². The Morgan fingerprint density at radius 3 is 2.88 bits per heavy atom. The van der Waals surface area contributed by atoms with Gasteiger partial charge in [-0.1, -0.05) is 0 Å². The predicted molar refractivity (Wildman–Crippen MR) is 89.0 cm³/mol. The third kappa shape index (κ3) is 3.22. The number of carbonyl (C=O) groups excluding carboxylic acids is 1. The Kier molecular flexibility index (Phi) is 4.20. The normalized spacial score (nSPS) is 17.1. The average Bonchev–Trinajstić information content (AvgIpc) is 3.17. The van der Waals surface area contributed by atoms with Crippen molar-refractivity contribution in [2.24, 2.45) is 7.05 Å². The van der Waals surface area contributed by atoms with Crippen LogP contribution in [-0.2, 0) is 7.05 Å². The van der Waals surface area contributed by atoms with Crippen molar-refractivity contribution in [1.82, 2.24) is 14.7 Å². The van der Waals surface area contributed by atoms with E-state index < -0.39 is 4.92 Å². The molecule has 1 aliphatic heterocycles. The maximum absolute atomic E-state index is 12.4. The summed E-state index contributed by atoms with van der Waals surface area (Å²) >= 11 is 0. The molecule has 1 aromatic carbocycles. The summed E-state index contributed by atoms with van der Waals surface area (Å²) in [6.45, 7) is 3.06. The number of aromatic nitrogens is 2. The van der Waals surface area contributed by atoms with Gasteiger partial charge in [-0.25, -0.2) is 4.79 Å². The summed E-state index contributed by atoms with van der Waals surface area (Å²) in [6, 6.07) is 4.24. The van der Waals surface area contributed by atoms with Crippen molar-refractivity contribution in [3.63, 3.8) is 0 Å². The van der Waals surface area contributed by atoms with E-state index in [2.05, 4.69) is 10.4 Å². The standard InChI is InChI=1S/C16H19N5O3/c1-11-7-14(21(23)24)3-4-15(11)18-16(22)20-6-5-12(10-20)13-8-17-19(2)9-13/h3-4,7-9,12H,5-6,10H2,1-2H3,(H,18,22)/t12-/m1/s1. The van der Waals surface area contributed by atoms with Crippen LogP contribution in [0.2, 0.25) is 0 Å². The topological polar surface area (TPSA) is 93.3 Å². The molecule has 0 aliphatic carbocycles. The van der Waals surface area contributed by atoms with E-state index in [0.29, 0.717) is 30.3 Å². The quantitative estimate of drug-likeness (QED) is 0.692. The van der Waals surface area contributed by atoms with Crippen LogP contribution in [0, 0.1) is 17.0 Å². The Labute approximate surface area is 139 Å². The van der Waals surface area contributed by atoms with Crippen LogP contribution in [0.25, 0.3) is 0 Å². The van der Waals surface area contributed by atoms with Crippen molar-refractivity contribution < 1.29 is 9.72 Å². The van der Waals surface area contributed by atoms with Crippen LogP contribution in [0.1, 0.15) is 23.5 Å². The van der Waals surface area contributed by atoms with Crippen molar-refractivity contribution in [3.05, 3.63) is 51.8 Å². The molecule has 8 heteroatoms. The minimum atomic E-state index is -0.447. The molecule has 1 saturated heterocycles. The zero-order chi connectivity index (χ0) is 17.3. The number of non-ortho nitro benzene ring substituents is 1. The lowest BCUT2D eigenvalue weighted by atomic mass is 10.0. The van der Waals surface area contributed by atoms with Crippen LogP contribution >= 0.6 is 0 Å². The van der Waals surface area contributed by atoms with Gasteiger partial charge in [-0.05, 0) is 30.5 Å². The molecular weight excluding hydrogens is 310 g/mol. The van der Waals surface area contributed by atoms with Crippen molar-refractivity contribution >= 4 is 17.4 Å². The SMILES string of the molecule is Cc1cc([N+](=O)[O-])ccc1NC(=O)N1CC[C@@H](c2cnn(C)c2)C1. The Balaban J connectivity index is 1.64. The Morgan fingerprint density at radius 1 is 1.46 bits per heavy atom. The molecule has 3 rings (SSSR count). The van der Waals surface area contributed by atoms with Crippen molar-refractivity contribution in [1.29, 1.82) is 0 Å². The molecule has 1 atom stereocenters. The number of nitrogens with one attached hydrogen (secondary N) is 1. The van der Waals surface area contributed by atoms with Gasteiger partial charge in [-0.15, -0.1) is 0 Å². The number of hydrogen-bond acceptors (Lipinski definition) is 4. The molecule has 1 fully saturated rings. The molecule has 24 heavy (non-hydrogen) atoms. The van der Waals surface area contributed by atoms with E-state index in [0.717, 1.165) is 12.0 Å². The number of aryl methyl sites for hydroxylation is 2. The molecule has 0 saturated carbocycles. The lowest BCUT2D eigenvalue weighted by molar-refractivity contribution is -0.384. The number of nitrogens with zero attached hydrogens (tertiary/aromatic N) is 4. The Hall–Kier alpha value is -2.90. The molecule has 1 aliphatic rings. The first kappa shape index (κ1) is 16.0. The lowest BCUT2D eigenvalue weighted by Crippen LogP contribution is -2.33. The van der Waals surface area contributed by atoms with E-state index in [-0.39, 0.29) is 11.7 Å². The molecule has 126 valence electrons. The number of amides is 2. The van der Waals surface area contributed by atoms with E-state index in [4.69, 9.17) is 0 Å². The van der Waals surface area contributed by atoms with Gasteiger partial charge in [0.1, 0.15) is 0 Å². The average molecular weight is 329 g/mol. The van der Waals surface area contributed by atoms with Gasteiger partial charge in [0.25, 0.3) is 5.69 Å². The summed E-state index contributed by atoms with van der Waals surface area (Å²) in [5.74, 6) is 0.294. The highest BCUT2D eigenvalue weighted by Crippen LogP contribution is 2.28. The molecule has 2 heterocycles. The fraction of sp³-hybridized carbons (Fsp3) is 0.375. The highest BCUT2D eigenvalue weighted by Gasteiger charge is 2.28. The van der Waals surface area contributed by atoms with Gasteiger partial charge in [0, 0.05) is 50.1 Å². The number of anilines is 1. The molecule has 2 aromatic rings. The zero-order valence-electron chi connectivity index (χ0n) is 13.6. The van der Waals surface area contributed by atoms with E-state index in [1.54, 1.807) is 22.6 Å². The van der Waals surface area contributed by atoms with E-state index in [1.165, 1.54) is 12.1 Å². The molecule has 0 spiro atoms. The van der Waals surface area contributed by atoms with Gasteiger partial charge < -0.3 is 10.2 Å². The van der Waals surface area contributed by atoms with Gasteiger partial charge in [0.15, 0.2) is 0 Å². The van der Waals surface area contributed by atoms with E-state index in [9.17, 15) is 14.9 Å². The molecule has 1 N–H and O–H groups in total. The van der Waals surface area contributed by atoms with E-state index in [1.807, 2.05) is 19.4 Å². The second kappa shape index (κ2) is 6.31. The van der Waals surface area contributed by atoms with Crippen molar-refractivity contribution in [2.75, 3.05) is 18.4 Å². The first-order chi connectivity index (χ1) is 11.4. The minimum Gasteiger partial charge on any atom is -0.324 e. The fourth-order valence-electron chi connectivity index (χ4n) is 2.96. The van der Waals surface area contributed by atoms with Crippen LogP contribution < -0.4 is 5.32 Å². The van der Waals surface area contributed by atoms with Gasteiger partial charge in [0.2, 0.25) is 0 Å². The smallest absolute Gasteiger partial charge is 0.321 e. The summed E-state index contributed by atoms with van der Waals surface area (Å²) in [6.07, 6.45) is 4.72. The van der Waals surface area contributed by atoms with Crippen LogP contribution in [0.5, 0.6) is 0 Å². The number of urea groups is 1. The number of benzene rings is 1. The molecule has 0 unspecified atom stereocenters. The van der Waals surface area contributed by atoms with Gasteiger partial charge in [-0.3, -0.25) is 14.8 Å². The maximum atomic E-state index is 12.4. The Morgan fingerprint density at radius 2 is 2.25 bits per heavy atom. The third-order valence-corrected chi connectivity index (χ3v) is 4.33. The summed E-state index contributed by atoms with van der Waals surface area (Å²) in [5.41, 5.74) is 2.42. The lowest BCUT2D eigenvalue weighted by Gasteiger charge is -2.18. The van der Waals surface area contributed by atoms with Crippen LogP contribution in [0.3, 0.4) is 0 Å². The van der Waals surface area contributed by atoms with Gasteiger partial charge in [0.05, 0.1) is 11.1 Å². The number of likely N-dealkylation sites (tertiary alicyclic amines) is 1. The Bertz CT molecular complexity index is 786. The van der Waals surface area contributed by atoms with Crippen molar-refractivity contribution in [3.8, 4) is 0 Å². The molecule has 2 amide bonds. The highest BCUT2D eigenvalue weighted by atomic mass is 16.6. The summed E-state index contributed by atoms with van der Waals surface area (Å²) in [5, 5.41) is 17.8.